The summed E-state index contributed by atoms with van der Waals surface area (Å²) in [5.41, 5.74) is 12.5. The normalized spacial score (nSPS) is 27.4. The van der Waals surface area contributed by atoms with E-state index in [4.69, 9.17) is 4.99 Å². The van der Waals surface area contributed by atoms with Crippen molar-refractivity contribution < 1.29 is 0 Å². The highest BCUT2D eigenvalue weighted by Crippen LogP contribution is 2.56. The SMILES string of the molecule is CC1(c2ccccc2)N=C(N2c3ccc4c(c3C3C=CC5=C(C32)N(c2ccccc2)C2C=CC=CC52)C=CCC4)Nc2ccccc21. The molecule has 47 heavy (non-hydrogen) atoms. The van der Waals surface area contributed by atoms with E-state index in [9.17, 15) is 0 Å². The van der Waals surface area contributed by atoms with Gasteiger partial charge in [0, 0.05) is 40.2 Å². The first-order valence-electron chi connectivity index (χ1n) is 17.0. The molecular weight excluding hydrogens is 573 g/mol. The average molecular weight is 609 g/mol. The summed E-state index contributed by atoms with van der Waals surface area (Å²) in [5.74, 6) is 1.38. The highest BCUT2D eigenvalue weighted by molar-refractivity contribution is 6.11. The Morgan fingerprint density at radius 3 is 2.43 bits per heavy atom. The fourth-order valence-corrected chi connectivity index (χ4v) is 9.04. The molecule has 1 N–H and O–H groups in total. The van der Waals surface area contributed by atoms with Crippen LogP contribution in [0, 0.1) is 5.92 Å². The summed E-state index contributed by atoms with van der Waals surface area (Å²) >= 11 is 0. The lowest BCUT2D eigenvalue weighted by molar-refractivity contribution is 0.594. The van der Waals surface area contributed by atoms with E-state index < -0.39 is 5.54 Å². The zero-order chi connectivity index (χ0) is 31.1. The molecule has 0 bridgehead atoms. The Bertz CT molecular complexity index is 2120. The zero-order valence-corrected chi connectivity index (χ0v) is 26.4. The van der Waals surface area contributed by atoms with E-state index in [0.29, 0.717) is 5.92 Å². The van der Waals surface area contributed by atoms with Crippen LogP contribution >= 0.6 is 0 Å². The van der Waals surface area contributed by atoms with Gasteiger partial charge in [-0.3, -0.25) is 0 Å². The van der Waals surface area contributed by atoms with Gasteiger partial charge in [-0.2, -0.15) is 0 Å². The van der Waals surface area contributed by atoms with E-state index in [1.165, 1.54) is 50.5 Å². The van der Waals surface area contributed by atoms with Gasteiger partial charge in [-0.25, -0.2) is 4.99 Å². The number of benzene rings is 4. The molecule has 0 aromatic heterocycles. The molecule has 0 fully saturated rings. The molecule has 0 radical (unpaired) electrons. The van der Waals surface area contributed by atoms with E-state index in [-0.39, 0.29) is 18.0 Å². The Morgan fingerprint density at radius 1 is 0.766 bits per heavy atom. The lowest BCUT2D eigenvalue weighted by Crippen LogP contribution is -2.50. The molecule has 0 saturated heterocycles. The Kier molecular flexibility index (Phi) is 5.75. The number of aliphatic imine (C=N–C) groups is 1. The van der Waals surface area contributed by atoms with Crippen molar-refractivity contribution in [3.05, 3.63) is 179 Å². The minimum atomic E-state index is -0.555. The minimum Gasteiger partial charge on any atom is -0.335 e. The molecule has 4 heteroatoms. The highest BCUT2D eigenvalue weighted by Gasteiger charge is 2.53. The van der Waals surface area contributed by atoms with Gasteiger partial charge in [0.05, 0.1) is 12.1 Å². The van der Waals surface area contributed by atoms with Crippen LogP contribution in [0.25, 0.3) is 6.08 Å². The number of rotatable bonds is 2. The number of anilines is 3. The van der Waals surface area contributed by atoms with E-state index >= 15 is 0 Å². The molecule has 6 aliphatic rings. The molecule has 4 nitrogen and oxygen atoms in total. The summed E-state index contributed by atoms with van der Waals surface area (Å²) in [6, 6.07) is 35.4. The molecule has 3 aliphatic carbocycles. The maximum atomic E-state index is 5.73. The number of aryl methyl sites for hydroxylation is 1. The Balaban J connectivity index is 1.23. The fraction of sp³-hybridized carbons (Fsp3) is 0.186. The molecule has 0 amide bonds. The largest absolute Gasteiger partial charge is 0.335 e. The molecule has 10 rings (SSSR count). The molecule has 3 aliphatic heterocycles. The van der Waals surface area contributed by atoms with Crippen molar-refractivity contribution in [2.24, 2.45) is 10.9 Å². The Hall–Kier alpha value is -5.35. The molecule has 5 atom stereocenters. The maximum absolute atomic E-state index is 5.73. The van der Waals surface area contributed by atoms with Gasteiger partial charge in [-0.15, -0.1) is 0 Å². The number of nitrogens with zero attached hydrogens (tertiary/aromatic N) is 3. The topological polar surface area (TPSA) is 30.9 Å². The van der Waals surface area contributed by atoms with Crippen molar-refractivity contribution in [3.8, 4) is 0 Å². The fourth-order valence-electron chi connectivity index (χ4n) is 9.04. The summed E-state index contributed by atoms with van der Waals surface area (Å²) in [6.45, 7) is 2.27. The molecule has 3 heterocycles. The van der Waals surface area contributed by atoms with Crippen molar-refractivity contribution in [2.45, 2.75) is 43.3 Å². The number of hydrogen-bond acceptors (Lipinski definition) is 4. The number of hydrogen-bond donors (Lipinski definition) is 1. The van der Waals surface area contributed by atoms with Gasteiger partial charge in [0.25, 0.3) is 0 Å². The second kappa shape index (κ2) is 10.1. The lowest BCUT2D eigenvalue weighted by Gasteiger charge is -2.42. The van der Waals surface area contributed by atoms with Crippen molar-refractivity contribution in [1.29, 1.82) is 0 Å². The van der Waals surface area contributed by atoms with Crippen molar-refractivity contribution in [1.82, 2.24) is 0 Å². The third-order valence-electron chi connectivity index (χ3n) is 11.1. The number of fused-ring (bicyclic) bond motifs is 9. The summed E-state index contributed by atoms with van der Waals surface area (Å²) < 4.78 is 0. The number of guanidine groups is 1. The molecule has 4 aromatic carbocycles. The van der Waals surface area contributed by atoms with Gasteiger partial charge < -0.3 is 15.1 Å². The smallest absolute Gasteiger partial charge is 0.204 e. The van der Waals surface area contributed by atoms with Gasteiger partial charge in [-0.05, 0) is 71.9 Å². The first-order chi connectivity index (χ1) is 23.2. The van der Waals surface area contributed by atoms with Gasteiger partial charge in [-0.1, -0.05) is 121 Å². The van der Waals surface area contributed by atoms with Crippen LogP contribution in [0.3, 0.4) is 0 Å². The third kappa shape index (κ3) is 3.79. The van der Waals surface area contributed by atoms with Crippen LogP contribution in [-0.4, -0.2) is 18.0 Å². The van der Waals surface area contributed by atoms with Gasteiger partial charge in [0.15, 0.2) is 0 Å². The van der Waals surface area contributed by atoms with Crippen molar-refractivity contribution in [2.75, 3.05) is 15.1 Å². The minimum absolute atomic E-state index is 0.0379. The maximum Gasteiger partial charge on any atom is 0.204 e. The van der Waals surface area contributed by atoms with Crippen LogP contribution in [0.1, 0.15) is 47.1 Å². The van der Waals surface area contributed by atoms with Crippen LogP contribution in [0.5, 0.6) is 0 Å². The van der Waals surface area contributed by atoms with Gasteiger partial charge >= 0.3 is 0 Å². The van der Waals surface area contributed by atoms with E-state index in [0.717, 1.165) is 24.5 Å². The van der Waals surface area contributed by atoms with Crippen LogP contribution in [0.2, 0.25) is 0 Å². The number of nitrogens with one attached hydrogen (secondary N) is 1. The third-order valence-corrected chi connectivity index (χ3v) is 11.1. The van der Waals surface area contributed by atoms with Crippen LogP contribution < -0.4 is 15.1 Å². The molecule has 0 saturated carbocycles. The van der Waals surface area contributed by atoms with E-state index in [1.807, 2.05) is 0 Å². The second-order valence-electron chi connectivity index (χ2n) is 13.6. The standard InChI is InChI=1S/C43H36N4/c1-43(29-15-4-2-5-16-29)35-21-11-12-22-36(35)44-42(45-43)47-38-27-24-28-14-8-9-19-31(28)39(38)34-26-25-33-32-20-10-13-23-37(32)46(40(33)41(34)47)30-17-6-3-7-18-30/h2-7,9-13,15-27,32,34,37,41H,8,14H2,1H3,(H,44,45). The molecule has 4 aromatic rings. The lowest BCUT2D eigenvalue weighted by atomic mass is 9.80. The predicted octanol–water partition coefficient (Wildman–Crippen LogP) is 9.12. The zero-order valence-electron chi connectivity index (χ0n) is 26.4. The number of allylic oxidation sites excluding steroid dienone is 4. The summed E-state index contributed by atoms with van der Waals surface area (Å²) in [4.78, 5) is 10.9. The highest BCUT2D eigenvalue weighted by atomic mass is 15.4. The van der Waals surface area contributed by atoms with Crippen LogP contribution in [0.15, 0.2) is 156 Å². The van der Waals surface area contributed by atoms with Crippen LogP contribution in [-0.2, 0) is 12.0 Å². The van der Waals surface area contributed by atoms with Gasteiger partial charge in [0.2, 0.25) is 5.96 Å². The monoisotopic (exact) mass is 608 g/mol. The predicted molar refractivity (Wildman–Crippen MR) is 194 cm³/mol. The molecule has 228 valence electrons. The summed E-state index contributed by atoms with van der Waals surface area (Å²) in [5, 5.41) is 3.88. The quantitative estimate of drug-likeness (QED) is 0.246. The molecular formula is C43H36N4. The summed E-state index contributed by atoms with van der Waals surface area (Å²) in [7, 11) is 0. The van der Waals surface area contributed by atoms with E-state index in [2.05, 4.69) is 168 Å². The first kappa shape index (κ1) is 26.8. The number of para-hydroxylation sites is 2. The Labute approximate surface area is 276 Å². The average Bonchev–Trinajstić information content (AvgIpc) is 3.66. The Morgan fingerprint density at radius 2 is 1.55 bits per heavy atom. The van der Waals surface area contributed by atoms with E-state index in [1.54, 1.807) is 0 Å². The molecule has 0 spiro atoms. The van der Waals surface area contributed by atoms with Crippen molar-refractivity contribution in [3.63, 3.8) is 0 Å². The summed E-state index contributed by atoms with van der Waals surface area (Å²) in [6.07, 6.45) is 21.1. The second-order valence-corrected chi connectivity index (χ2v) is 13.6. The molecule has 5 unspecified atom stereocenters. The van der Waals surface area contributed by atoms with Crippen molar-refractivity contribution >= 4 is 29.1 Å². The first-order valence-corrected chi connectivity index (χ1v) is 17.0. The van der Waals surface area contributed by atoms with Gasteiger partial charge in [0.1, 0.15) is 5.54 Å². The van der Waals surface area contributed by atoms with Crippen LogP contribution in [0.4, 0.5) is 17.1 Å².